The third kappa shape index (κ3) is 4.43. The lowest BCUT2D eigenvalue weighted by Crippen LogP contribution is -2.40. The van der Waals surface area contributed by atoms with Crippen molar-refractivity contribution >= 4 is 34.4 Å². The normalized spacial score (nSPS) is 15.2. The molecule has 38 heavy (non-hydrogen) atoms. The van der Waals surface area contributed by atoms with E-state index in [1.807, 2.05) is 0 Å². The molecule has 10 nitrogen and oxygen atoms in total. The van der Waals surface area contributed by atoms with E-state index in [4.69, 9.17) is 10.8 Å². The number of nitrogens with one attached hydrogen (secondary N) is 1. The van der Waals surface area contributed by atoms with Crippen molar-refractivity contribution < 1.29 is 14.0 Å². The lowest BCUT2D eigenvalue weighted by atomic mass is 10.0. The molecule has 1 saturated heterocycles. The van der Waals surface area contributed by atoms with Crippen LogP contribution >= 0.6 is 0 Å². The van der Waals surface area contributed by atoms with Crippen LogP contribution in [0.25, 0.3) is 22.2 Å². The fourth-order valence-electron chi connectivity index (χ4n) is 4.69. The number of nitriles is 1. The summed E-state index contributed by atoms with van der Waals surface area (Å²) in [5.41, 5.74) is 7.27. The first-order valence-corrected chi connectivity index (χ1v) is 11.9. The number of pyridine rings is 2. The van der Waals surface area contributed by atoms with Gasteiger partial charge in [0.25, 0.3) is 5.91 Å². The monoisotopic (exact) mass is 510 g/mol. The number of nitrogen functional groups attached to an aromatic ring is 1. The van der Waals surface area contributed by atoms with Crippen LogP contribution in [0, 0.1) is 17.1 Å². The van der Waals surface area contributed by atoms with Crippen molar-refractivity contribution in [1.29, 1.82) is 5.26 Å². The molecule has 3 aromatic heterocycles. The Kier molecular flexibility index (Phi) is 6.53. The number of benzene rings is 1. The maximum Gasteiger partial charge on any atom is 0.256 e. The summed E-state index contributed by atoms with van der Waals surface area (Å²) in [5.74, 6) is -0.984. The first-order chi connectivity index (χ1) is 18.4. The zero-order chi connectivity index (χ0) is 26.8. The molecule has 11 heteroatoms. The van der Waals surface area contributed by atoms with Gasteiger partial charge in [-0.3, -0.25) is 14.3 Å². The summed E-state index contributed by atoms with van der Waals surface area (Å²) in [7, 11) is 0. The van der Waals surface area contributed by atoms with Crippen molar-refractivity contribution in [2.24, 2.45) is 0 Å². The fraction of sp³-hybridized carbons (Fsp3) is 0.185. The number of nitrogens with zero attached hydrogens (tertiary/aromatic N) is 6. The molecule has 1 atom stereocenters. The third-order valence-electron chi connectivity index (χ3n) is 6.50. The molecule has 1 aliphatic rings. The highest BCUT2D eigenvalue weighted by Crippen LogP contribution is 2.37. The molecule has 4 aromatic rings. The highest BCUT2D eigenvalue weighted by atomic mass is 19.1. The second kappa shape index (κ2) is 10.1. The highest BCUT2D eigenvalue weighted by molar-refractivity contribution is 6.05. The summed E-state index contributed by atoms with van der Waals surface area (Å²) in [6.45, 7) is 4.50. The number of piperidine rings is 1. The van der Waals surface area contributed by atoms with Gasteiger partial charge in [0.05, 0.1) is 22.5 Å². The van der Waals surface area contributed by atoms with Gasteiger partial charge in [-0.25, -0.2) is 14.4 Å². The Morgan fingerprint density at radius 3 is 2.82 bits per heavy atom. The number of rotatable bonds is 5. The van der Waals surface area contributed by atoms with E-state index in [2.05, 4.69) is 27.9 Å². The van der Waals surface area contributed by atoms with E-state index in [1.165, 1.54) is 30.6 Å². The molecule has 0 spiro atoms. The lowest BCUT2D eigenvalue weighted by Gasteiger charge is -2.32. The minimum absolute atomic E-state index is 0.0893. The van der Waals surface area contributed by atoms with Crippen molar-refractivity contribution in [3.05, 3.63) is 78.4 Å². The quantitative estimate of drug-likeness (QED) is 0.390. The highest BCUT2D eigenvalue weighted by Gasteiger charge is 2.29. The van der Waals surface area contributed by atoms with Crippen molar-refractivity contribution in [3.8, 4) is 17.3 Å². The Morgan fingerprint density at radius 1 is 1.26 bits per heavy atom. The van der Waals surface area contributed by atoms with Gasteiger partial charge < -0.3 is 16.0 Å². The Morgan fingerprint density at radius 2 is 2.11 bits per heavy atom. The van der Waals surface area contributed by atoms with E-state index in [0.29, 0.717) is 36.2 Å². The maximum absolute atomic E-state index is 15.5. The molecule has 1 aromatic carbocycles. The number of anilines is 2. The fourth-order valence-corrected chi connectivity index (χ4v) is 4.69. The predicted octanol–water partition coefficient (Wildman–Crippen LogP) is 3.69. The number of aromatic nitrogens is 4. The van der Waals surface area contributed by atoms with Crippen LogP contribution in [0.4, 0.5) is 16.0 Å². The number of likely N-dealkylation sites (tertiary alicyclic amines) is 1. The zero-order valence-electron chi connectivity index (χ0n) is 20.3. The third-order valence-corrected chi connectivity index (χ3v) is 6.50. The number of hydrogen-bond donors (Lipinski definition) is 2. The average Bonchev–Trinajstić information content (AvgIpc) is 3.35. The second-order valence-corrected chi connectivity index (χ2v) is 8.83. The number of hydrogen-bond acceptors (Lipinski definition) is 7. The summed E-state index contributed by atoms with van der Waals surface area (Å²) < 4.78 is 17.2. The van der Waals surface area contributed by atoms with Crippen molar-refractivity contribution in [2.75, 3.05) is 24.1 Å². The largest absolute Gasteiger partial charge is 0.383 e. The molecular weight excluding hydrogens is 487 g/mol. The first-order valence-electron chi connectivity index (χ1n) is 11.9. The molecule has 5 rings (SSSR count). The minimum Gasteiger partial charge on any atom is -0.383 e. The van der Waals surface area contributed by atoms with Crippen LogP contribution in [0.3, 0.4) is 0 Å². The van der Waals surface area contributed by atoms with Crippen LogP contribution < -0.4 is 11.1 Å². The Bertz CT molecular complexity index is 1610. The van der Waals surface area contributed by atoms with Gasteiger partial charge in [0.1, 0.15) is 29.2 Å². The van der Waals surface area contributed by atoms with Gasteiger partial charge in [-0.2, -0.15) is 10.4 Å². The zero-order valence-corrected chi connectivity index (χ0v) is 20.3. The summed E-state index contributed by atoms with van der Waals surface area (Å²) in [4.78, 5) is 34.8. The van der Waals surface area contributed by atoms with Gasteiger partial charge in [-0.05, 0) is 49.2 Å². The number of amides is 2. The molecule has 1 unspecified atom stereocenters. The average molecular weight is 511 g/mol. The summed E-state index contributed by atoms with van der Waals surface area (Å²) in [6.07, 6.45) is 5.57. The molecule has 3 N–H and O–H groups in total. The molecule has 4 heterocycles. The molecule has 0 radical (unpaired) electrons. The minimum atomic E-state index is -0.695. The van der Waals surface area contributed by atoms with Crippen molar-refractivity contribution in [3.63, 3.8) is 0 Å². The van der Waals surface area contributed by atoms with Crippen LogP contribution in [-0.4, -0.2) is 49.6 Å². The van der Waals surface area contributed by atoms with Gasteiger partial charge in [0.15, 0.2) is 0 Å². The topological polar surface area (TPSA) is 143 Å². The van der Waals surface area contributed by atoms with E-state index in [9.17, 15) is 14.9 Å². The number of carbonyl (C=O) groups excluding carboxylic acids is 2. The van der Waals surface area contributed by atoms with Crippen LogP contribution in [0.15, 0.2) is 61.4 Å². The number of carbonyl (C=O) groups is 2. The summed E-state index contributed by atoms with van der Waals surface area (Å²) in [5, 5.41) is 17.5. The summed E-state index contributed by atoms with van der Waals surface area (Å²) in [6, 6.07) is 10.9. The maximum atomic E-state index is 15.5. The van der Waals surface area contributed by atoms with E-state index in [0.717, 1.165) is 12.5 Å². The number of fused-ring (bicyclic) bond motifs is 1. The molecule has 0 saturated carbocycles. The lowest BCUT2D eigenvalue weighted by molar-refractivity contribution is -0.127. The summed E-state index contributed by atoms with van der Waals surface area (Å²) >= 11 is 0. The van der Waals surface area contributed by atoms with E-state index < -0.39 is 11.7 Å². The van der Waals surface area contributed by atoms with Crippen LogP contribution in [0.5, 0.6) is 0 Å². The SMILES string of the molecule is C=CC(=O)N1CCCC(n2nc(-c3ccc(C(=O)Nc4ccccn4)cc3F)c3c(N)ncc(C#N)c32)C1. The number of nitrogens with two attached hydrogens (primary N) is 1. The van der Waals surface area contributed by atoms with Crippen LogP contribution in [0.2, 0.25) is 0 Å². The Hall–Kier alpha value is -5.11. The number of halogens is 1. The molecule has 0 aliphatic carbocycles. The smallest absolute Gasteiger partial charge is 0.256 e. The van der Waals surface area contributed by atoms with Crippen molar-refractivity contribution in [1.82, 2.24) is 24.6 Å². The standard InChI is InChI=1S/C27H23FN8O2/c1-2-22(37)35-11-5-6-18(15-35)36-25-17(13-29)14-32-26(30)23(25)24(34-36)19-9-8-16(12-20(19)28)27(38)33-21-7-3-4-10-31-21/h2-4,7-10,12,14,18H,1,5-6,11,15H2,(H2,30,32)(H,31,33,38). The van der Waals surface area contributed by atoms with E-state index in [1.54, 1.807) is 27.8 Å². The first kappa shape index (κ1) is 24.6. The second-order valence-electron chi connectivity index (χ2n) is 8.83. The van der Waals surface area contributed by atoms with E-state index in [-0.39, 0.29) is 40.2 Å². The Labute approximate surface area is 217 Å². The molecule has 1 aliphatic heterocycles. The predicted molar refractivity (Wildman–Crippen MR) is 139 cm³/mol. The van der Waals surface area contributed by atoms with Crippen LogP contribution in [-0.2, 0) is 4.79 Å². The molecule has 0 bridgehead atoms. The van der Waals surface area contributed by atoms with Gasteiger partial charge >= 0.3 is 0 Å². The van der Waals surface area contributed by atoms with E-state index >= 15 is 4.39 Å². The molecule has 2 amide bonds. The van der Waals surface area contributed by atoms with Crippen LogP contribution in [0.1, 0.15) is 34.8 Å². The van der Waals surface area contributed by atoms with Gasteiger partial charge in [-0.1, -0.05) is 12.6 Å². The molecular formula is C27H23FN8O2. The molecule has 190 valence electrons. The van der Waals surface area contributed by atoms with Crippen molar-refractivity contribution in [2.45, 2.75) is 18.9 Å². The molecule has 1 fully saturated rings. The van der Waals surface area contributed by atoms with Gasteiger partial charge in [-0.15, -0.1) is 0 Å². The van der Waals surface area contributed by atoms with Gasteiger partial charge in [0.2, 0.25) is 5.91 Å². The Balaban J connectivity index is 1.58. The van der Waals surface area contributed by atoms with Gasteiger partial charge in [0, 0.05) is 36.6 Å².